The lowest BCUT2D eigenvalue weighted by Crippen LogP contribution is -2.20. The fourth-order valence-corrected chi connectivity index (χ4v) is 3.35. The van der Waals surface area contributed by atoms with E-state index in [1.54, 1.807) is 40.7 Å². The Labute approximate surface area is 129 Å². The summed E-state index contributed by atoms with van der Waals surface area (Å²) < 4.78 is 16.2. The first-order chi connectivity index (χ1) is 10.7. The van der Waals surface area contributed by atoms with E-state index < -0.39 is 0 Å². The molecule has 0 spiro atoms. The minimum absolute atomic E-state index is 0.264. The topological polar surface area (TPSA) is 52.2 Å². The molecule has 0 N–H and O–H groups in total. The van der Waals surface area contributed by atoms with Crippen molar-refractivity contribution in [2.75, 3.05) is 5.75 Å². The van der Waals surface area contributed by atoms with Gasteiger partial charge >= 0.3 is 5.56 Å². The summed E-state index contributed by atoms with van der Waals surface area (Å²) in [5, 5.41) is 8.85. The van der Waals surface area contributed by atoms with Crippen LogP contribution in [0.25, 0.3) is 11.3 Å². The second-order valence-electron chi connectivity index (χ2n) is 5.38. The van der Waals surface area contributed by atoms with E-state index >= 15 is 0 Å². The summed E-state index contributed by atoms with van der Waals surface area (Å²) in [6.07, 6.45) is 5.99. The largest absolute Gasteiger partial charge is 0.300 e. The molecule has 112 valence electrons. The minimum Gasteiger partial charge on any atom is -0.280 e. The molecule has 1 fully saturated rings. The van der Waals surface area contributed by atoms with Crippen molar-refractivity contribution in [1.82, 2.24) is 19.2 Å². The van der Waals surface area contributed by atoms with Crippen molar-refractivity contribution in [1.29, 1.82) is 0 Å². The third-order valence-electron chi connectivity index (χ3n) is 3.69. The van der Waals surface area contributed by atoms with E-state index in [-0.39, 0.29) is 17.0 Å². The van der Waals surface area contributed by atoms with E-state index in [0.717, 1.165) is 16.8 Å². The van der Waals surface area contributed by atoms with E-state index in [2.05, 4.69) is 10.2 Å². The number of halogens is 1. The molecule has 0 amide bonds. The van der Waals surface area contributed by atoms with E-state index in [1.807, 2.05) is 0 Å². The van der Waals surface area contributed by atoms with Crippen LogP contribution in [0.5, 0.6) is 0 Å². The molecule has 1 saturated carbocycles. The second kappa shape index (κ2) is 5.24. The first-order valence-electron chi connectivity index (χ1n) is 7.07. The van der Waals surface area contributed by atoms with Crippen molar-refractivity contribution < 1.29 is 4.39 Å². The highest BCUT2D eigenvalue weighted by Crippen LogP contribution is 2.34. The van der Waals surface area contributed by atoms with Crippen molar-refractivity contribution in [3.63, 3.8) is 0 Å². The summed E-state index contributed by atoms with van der Waals surface area (Å²) in [4.78, 5) is 12.5. The van der Waals surface area contributed by atoms with Crippen LogP contribution in [0.1, 0.15) is 12.8 Å². The van der Waals surface area contributed by atoms with Gasteiger partial charge in [0.25, 0.3) is 0 Å². The molecule has 0 unspecified atom stereocenters. The maximum Gasteiger partial charge on any atom is 0.300 e. The zero-order valence-electron chi connectivity index (χ0n) is 11.6. The van der Waals surface area contributed by atoms with Crippen LogP contribution in [0.3, 0.4) is 0 Å². The lowest BCUT2D eigenvalue weighted by molar-refractivity contribution is 0.627. The van der Waals surface area contributed by atoms with Crippen molar-refractivity contribution >= 4 is 17.4 Å². The zero-order valence-corrected chi connectivity index (χ0v) is 12.5. The Bertz CT molecular complexity index is 883. The van der Waals surface area contributed by atoms with Gasteiger partial charge in [0.05, 0.1) is 0 Å². The maximum absolute atomic E-state index is 13.0. The van der Waals surface area contributed by atoms with E-state index in [0.29, 0.717) is 5.69 Å². The molecular formula is C15H13FN4OS. The fourth-order valence-electron chi connectivity index (χ4n) is 2.25. The van der Waals surface area contributed by atoms with Gasteiger partial charge in [0, 0.05) is 23.8 Å². The minimum atomic E-state index is -0.334. The van der Waals surface area contributed by atoms with Gasteiger partial charge in [-0.2, -0.15) is 0 Å². The smallest absolute Gasteiger partial charge is 0.280 e. The lowest BCUT2D eigenvalue weighted by Gasteiger charge is -2.06. The molecule has 2 aromatic heterocycles. The molecule has 1 aliphatic rings. The highest BCUT2D eigenvalue weighted by atomic mass is 32.2. The monoisotopic (exact) mass is 316 g/mol. The maximum atomic E-state index is 13.0. The normalized spacial score (nSPS) is 14.6. The number of benzene rings is 1. The quantitative estimate of drug-likeness (QED) is 0.694. The molecule has 1 aliphatic carbocycles. The van der Waals surface area contributed by atoms with Crippen molar-refractivity contribution in [2.45, 2.75) is 18.0 Å². The van der Waals surface area contributed by atoms with Crippen LogP contribution >= 0.6 is 11.8 Å². The van der Waals surface area contributed by atoms with Gasteiger partial charge in [-0.05, 0) is 43.0 Å². The second-order valence-corrected chi connectivity index (χ2v) is 6.37. The molecule has 7 heteroatoms. The summed E-state index contributed by atoms with van der Waals surface area (Å²) in [6.45, 7) is 0. The number of fused-ring (bicyclic) bond motifs is 1. The molecule has 3 aromatic rings. The molecule has 1 aromatic carbocycles. The highest BCUT2D eigenvalue weighted by molar-refractivity contribution is 7.99. The Morgan fingerprint density at radius 1 is 1.18 bits per heavy atom. The Morgan fingerprint density at radius 2 is 1.95 bits per heavy atom. The molecule has 0 atom stereocenters. The van der Waals surface area contributed by atoms with Gasteiger partial charge < -0.3 is 0 Å². The van der Waals surface area contributed by atoms with Gasteiger partial charge in [-0.3, -0.25) is 13.8 Å². The van der Waals surface area contributed by atoms with Crippen LogP contribution in [0.4, 0.5) is 4.39 Å². The van der Waals surface area contributed by atoms with E-state index in [4.69, 9.17) is 0 Å². The molecular weight excluding hydrogens is 303 g/mol. The molecule has 0 bridgehead atoms. The zero-order chi connectivity index (χ0) is 15.1. The van der Waals surface area contributed by atoms with E-state index in [9.17, 15) is 9.18 Å². The third-order valence-corrected chi connectivity index (χ3v) is 4.86. The van der Waals surface area contributed by atoms with Crippen LogP contribution < -0.4 is 5.56 Å². The predicted molar refractivity (Wildman–Crippen MR) is 82.0 cm³/mol. The van der Waals surface area contributed by atoms with Gasteiger partial charge in [0.1, 0.15) is 5.82 Å². The Kier molecular flexibility index (Phi) is 3.22. The van der Waals surface area contributed by atoms with Gasteiger partial charge in [-0.15, -0.1) is 10.2 Å². The molecule has 0 saturated heterocycles. The fraction of sp³-hybridized carbons (Fsp3) is 0.267. The van der Waals surface area contributed by atoms with Crippen LogP contribution in [0, 0.1) is 11.7 Å². The van der Waals surface area contributed by atoms with Crippen molar-refractivity contribution in [3.05, 3.63) is 52.8 Å². The van der Waals surface area contributed by atoms with Crippen LogP contribution in [-0.2, 0) is 0 Å². The summed E-state index contributed by atoms with van der Waals surface area (Å²) in [5.74, 6) is 1.46. The highest BCUT2D eigenvalue weighted by Gasteiger charge is 2.22. The first-order valence-corrected chi connectivity index (χ1v) is 8.06. The summed E-state index contributed by atoms with van der Waals surface area (Å²) >= 11 is 1.63. The van der Waals surface area contributed by atoms with Crippen LogP contribution in [0.2, 0.25) is 0 Å². The number of hydrogen-bond acceptors (Lipinski definition) is 4. The van der Waals surface area contributed by atoms with Crippen LogP contribution in [0.15, 0.2) is 46.6 Å². The average molecular weight is 316 g/mol. The average Bonchev–Trinajstić information content (AvgIpc) is 3.26. The van der Waals surface area contributed by atoms with Gasteiger partial charge in [-0.1, -0.05) is 11.8 Å². The number of nitrogens with zero attached hydrogens (tertiary/aromatic N) is 4. The van der Waals surface area contributed by atoms with E-state index in [1.165, 1.54) is 29.5 Å². The van der Waals surface area contributed by atoms with Crippen molar-refractivity contribution in [3.8, 4) is 5.69 Å². The summed E-state index contributed by atoms with van der Waals surface area (Å²) in [6, 6.07) is 5.78. The Hall–Kier alpha value is -2.15. The third kappa shape index (κ3) is 2.41. The van der Waals surface area contributed by atoms with Crippen molar-refractivity contribution in [2.24, 2.45) is 5.92 Å². The van der Waals surface area contributed by atoms with Crippen LogP contribution in [-0.4, -0.2) is 24.9 Å². The number of thioether (sulfide) groups is 1. The van der Waals surface area contributed by atoms with Gasteiger partial charge in [0.2, 0.25) is 5.65 Å². The predicted octanol–water partition coefficient (Wildman–Crippen LogP) is 2.52. The lowest BCUT2D eigenvalue weighted by atomic mass is 10.3. The molecule has 0 aliphatic heterocycles. The van der Waals surface area contributed by atoms with Gasteiger partial charge in [-0.25, -0.2) is 4.39 Å². The number of aromatic nitrogens is 4. The number of rotatable bonds is 4. The molecule has 2 heterocycles. The standard InChI is InChI=1S/C15H13FN4OS/c16-11-3-5-12(6-4-11)19-7-8-20-13(14(19)21)17-18-15(20)22-9-10-1-2-10/h3-8,10H,1-2,9H2. The Balaban J connectivity index is 1.74. The molecule has 4 rings (SSSR count). The summed E-state index contributed by atoms with van der Waals surface area (Å²) in [5.41, 5.74) is 0.620. The molecule has 5 nitrogen and oxygen atoms in total. The Morgan fingerprint density at radius 3 is 2.68 bits per heavy atom. The molecule has 22 heavy (non-hydrogen) atoms. The first kappa shape index (κ1) is 13.5. The summed E-state index contributed by atoms with van der Waals surface area (Å²) in [7, 11) is 0. The van der Waals surface area contributed by atoms with Gasteiger partial charge in [0.15, 0.2) is 5.16 Å². The SMILES string of the molecule is O=c1c2nnc(SCC3CC3)n2ccn1-c1ccc(F)cc1. The molecule has 0 radical (unpaired) electrons. The number of hydrogen-bond donors (Lipinski definition) is 0.